The van der Waals surface area contributed by atoms with Gasteiger partial charge in [-0.1, -0.05) is 0 Å². The first-order chi connectivity index (χ1) is 12.6. The van der Waals surface area contributed by atoms with Gasteiger partial charge in [0.15, 0.2) is 19.7 Å². The maximum atomic E-state index is 13.3. The standard InChI is InChI=1S/C18H23NO6S2/c1-12-7-16(24-3)17(8-13(12)2)27(22,23)18-11-26(20,21)10-15(18)19-9-14-5-4-6-25-14/h4-8,15,18-19H,9-11H2,1-3H3/t15-,18-/m0/s1. The summed E-state index contributed by atoms with van der Waals surface area (Å²) >= 11 is 0. The molecule has 1 aromatic heterocycles. The number of hydrogen-bond donors (Lipinski definition) is 1. The normalized spacial score (nSPS) is 22.0. The highest BCUT2D eigenvalue weighted by molar-refractivity contribution is 7.96. The summed E-state index contributed by atoms with van der Waals surface area (Å²) in [4.78, 5) is 0.0278. The largest absolute Gasteiger partial charge is 0.495 e. The SMILES string of the molecule is COc1cc(C)c(C)cc1S(=O)(=O)[C@H]1CS(=O)(=O)C[C@@H]1NCc1ccco1. The van der Waals surface area contributed by atoms with Crippen molar-refractivity contribution in [2.45, 2.75) is 36.6 Å². The average molecular weight is 414 g/mol. The second-order valence-corrected chi connectivity index (χ2v) is 11.1. The zero-order chi connectivity index (χ0) is 19.8. The molecule has 1 aromatic carbocycles. The fourth-order valence-corrected chi connectivity index (χ4v) is 8.21. The molecule has 7 nitrogen and oxygen atoms in total. The van der Waals surface area contributed by atoms with E-state index in [1.807, 2.05) is 13.8 Å². The van der Waals surface area contributed by atoms with Gasteiger partial charge in [-0.2, -0.15) is 0 Å². The smallest absolute Gasteiger partial charge is 0.187 e. The van der Waals surface area contributed by atoms with Gasteiger partial charge in [0, 0.05) is 6.04 Å². The van der Waals surface area contributed by atoms with Gasteiger partial charge in [0.05, 0.1) is 36.7 Å². The maximum Gasteiger partial charge on any atom is 0.187 e. The molecule has 0 saturated carbocycles. The minimum absolute atomic E-state index is 0.0278. The lowest BCUT2D eigenvalue weighted by Gasteiger charge is -2.21. The molecule has 1 aliphatic heterocycles. The molecule has 1 fully saturated rings. The van der Waals surface area contributed by atoms with Crippen LogP contribution in [0.4, 0.5) is 0 Å². The van der Waals surface area contributed by atoms with Gasteiger partial charge in [0.1, 0.15) is 16.4 Å². The van der Waals surface area contributed by atoms with Crippen molar-refractivity contribution in [3.05, 3.63) is 47.4 Å². The quantitative estimate of drug-likeness (QED) is 0.768. The number of rotatable bonds is 6. The molecule has 0 unspecified atom stereocenters. The fourth-order valence-electron chi connectivity index (χ4n) is 3.26. The molecular formula is C18H23NO6S2. The molecular weight excluding hydrogens is 390 g/mol. The Kier molecular flexibility index (Phi) is 5.38. The summed E-state index contributed by atoms with van der Waals surface area (Å²) in [5, 5.41) is 1.95. The topological polar surface area (TPSA) is 103 Å². The van der Waals surface area contributed by atoms with Gasteiger partial charge >= 0.3 is 0 Å². The molecule has 0 spiro atoms. The molecule has 3 rings (SSSR count). The van der Waals surface area contributed by atoms with E-state index in [2.05, 4.69) is 5.32 Å². The highest BCUT2D eigenvalue weighted by Gasteiger charge is 2.46. The van der Waals surface area contributed by atoms with Crippen LogP contribution in [-0.4, -0.2) is 46.7 Å². The molecule has 1 aliphatic rings. The average Bonchev–Trinajstić information content (AvgIpc) is 3.22. The molecule has 1 N–H and O–H groups in total. The summed E-state index contributed by atoms with van der Waals surface area (Å²) in [5.41, 5.74) is 1.70. The van der Waals surface area contributed by atoms with Crippen molar-refractivity contribution in [3.63, 3.8) is 0 Å². The van der Waals surface area contributed by atoms with Crippen LogP contribution in [-0.2, 0) is 26.2 Å². The van der Waals surface area contributed by atoms with E-state index >= 15 is 0 Å². The number of ether oxygens (including phenoxy) is 1. The summed E-state index contributed by atoms with van der Waals surface area (Å²) in [5.74, 6) is 0.192. The number of nitrogens with one attached hydrogen (secondary N) is 1. The molecule has 1 saturated heterocycles. The molecule has 0 aliphatic carbocycles. The minimum Gasteiger partial charge on any atom is -0.495 e. The summed E-state index contributed by atoms with van der Waals surface area (Å²) in [6, 6.07) is 5.95. The van der Waals surface area contributed by atoms with E-state index < -0.39 is 36.7 Å². The van der Waals surface area contributed by atoms with Crippen molar-refractivity contribution in [3.8, 4) is 5.75 Å². The second kappa shape index (κ2) is 7.29. The van der Waals surface area contributed by atoms with E-state index in [1.165, 1.54) is 13.4 Å². The molecule has 2 heterocycles. The molecule has 0 amide bonds. The number of aryl methyl sites for hydroxylation is 2. The Labute approximate surface area is 159 Å². The zero-order valence-electron chi connectivity index (χ0n) is 15.4. The van der Waals surface area contributed by atoms with Gasteiger partial charge in [-0.25, -0.2) is 16.8 Å². The lowest BCUT2D eigenvalue weighted by Crippen LogP contribution is -2.43. The van der Waals surface area contributed by atoms with Crippen LogP contribution in [0.5, 0.6) is 5.75 Å². The Morgan fingerprint density at radius 3 is 2.56 bits per heavy atom. The van der Waals surface area contributed by atoms with E-state index in [1.54, 1.807) is 24.3 Å². The van der Waals surface area contributed by atoms with Gasteiger partial charge < -0.3 is 14.5 Å². The van der Waals surface area contributed by atoms with E-state index in [-0.39, 0.29) is 22.9 Å². The third-order valence-electron chi connectivity index (χ3n) is 4.90. The van der Waals surface area contributed by atoms with E-state index in [0.29, 0.717) is 5.76 Å². The van der Waals surface area contributed by atoms with E-state index in [9.17, 15) is 16.8 Å². The third-order valence-corrected chi connectivity index (χ3v) is 9.07. The number of furan rings is 1. The van der Waals surface area contributed by atoms with Gasteiger partial charge in [-0.15, -0.1) is 0 Å². The first-order valence-electron chi connectivity index (χ1n) is 8.49. The van der Waals surface area contributed by atoms with Crippen molar-refractivity contribution < 1.29 is 26.0 Å². The fraction of sp³-hybridized carbons (Fsp3) is 0.444. The number of sulfone groups is 2. The highest BCUT2D eigenvalue weighted by Crippen LogP contribution is 2.33. The molecule has 27 heavy (non-hydrogen) atoms. The predicted molar refractivity (Wildman–Crippen MR) is 101 cm³/mol. The van der Waals surface area contributed by atoms with E-state index in [0.717, 1.165) is 11.1 Å². The van der Waals surface area contributed by atoms with Crippen molar-refractivity contribution in [2.75, 3.05) is 18.6 Å². The Morgan fingerprint density at radius 1 is 1.22 bits per heavy atom. The Hall–Kier alpha value is -1.84. The third kappa shape index (κ3) is 4.04. The molecule has 0 bridgehead atoms. The molecule has 148 valence electrons. The van der Waals surface area contributed by atoms with Crippen LogP contribution in [0.15, 0.2) is 39.8 Å². The number of methoxy groups -OCH3 is 1. The zero-order valence-corrected chi connectivity index (χ0v) is 17.1. The lowest BCUT2D eigenvalue weighted by atomic mass is 10.1. The summed E-state index contributed by atoms with van der Waals surface area (Å²) in [6.45, 7) is 3.93. The number of hydrogen-bond acceptors (Lipinski definition) is 7. The van der Waals surface area contributed by atoms with Crippen molar-refractivity contribution in [1.29, 1.82) is 0 Å². The highest BCUT2D eigenvalue weighted by atomic mass is 32.2. The van der Waals surface area contributed by atoms with Crippen LogP contribution in [0.2, 0.25) is 0 Å². The molecule has 2 aromatic rings. The van der Waals surface area contributed by atoms with Crippen molar-refractivity contribution >= 4 is 19.7 Å². The Morgan fingerprint density at radius 2 is 1.93 bits per heavy atom. The van der Waals surface area contributed by atoms with E-state index in [4.69, 9.17) is 9.15 Å². The van der Waals surface area contributed by atoms with Gasteiger partial charge in [-0.05, 0) is 49.2 Å². The van der Waals surface area contributed by atoms with Crippen molar-refractivity contribution in [1.82, 2.24) is 5.32 Å². The maximum absolute atomic E-state index is 13.3. The Balaban J connectivity index is 1.97. The van der Waals surface area contributed by atoms with Crippen molar-refractivity contribution in [2.24, 2.45) is 0 Å². The molecule has 2 atom stereocenters. The minimum atomic E-state index is -3.93. The molecule has 0 radical (unpaired) electrons. The van der Waals surface area contributed by atoms with Gasteiger partial charge in [0.25, 0.3) is 0 Å². The van der Waals surface area contributed by atoms with Crippen LogP contribution in [0, 0.1) is 13.8 Å². The van der Waals surface area contributed by atoms with Gasteiger partial charge in [0.2, 0.25) is 0 Å². The van der Waals surface area contributed by atoms with Crippen LogP contribution in [0.3, 0.4) is 0 Å². The Bertz CT molecular complexity index is 1030. The van der Waals surface area contributed by atoms with Gasteiger partial charge in [-0.3, -0.25) is 0 Å². The first kappa shape index (κ1) is 19.9. The monoisotopic (exact) mass is 413 g/mol. The van der Waals surface area contributed by atoms with Crippen LogP contribution in [0.1, 0.15) is 16.9 Å². The van der Waals surface area contributed by atoms with Crippen LogP contribution < -0.4 is 10.1 Å². The second-order valence-electron chi connectivity index (χ2n) is 6.81. The summed E-state index contributed by atoms with van der Waals surface area (Å²) in [7, 11) is -6.00. The lowest BCUT2D eigenvalue weighted by molar-refractivity contribution is 0.401. The summed E-state index contributed by atoms with van der Waals surface area (Å²) < 4.78 is 61.6. The first-order valence-corrected chi connectivity index (χ1v) is 11.9. The predicted octanol–water partition coefficient (Wildman–Crippen LogP) is 1.63. The van der Waals surface area contributed by atoms with Crippen LogP contribution in [0.25, 0.3) is 0 Å². The summed E-state index contributed by atoms with van der Waals surface area (Å²) in [6.07, 6.45) is 1.51. The van der Waals surface area contributed by atoms with Crippen LogP contribution >= 0.6 is 0 Å². The number of benzene rings is 1. The molecule has 9 heteroatoms.